The molecule has 7 nitrogen and oxygen atoms in total. The second-order valence-corrected chi connectivity index (χ2v) is 5.53. The van der Waals surface area contributed by atoms with Crippen molar-refractivity contribution in [2.24, 2.45) is 0 Å². The van der Waals surface area contributed by atoms with Crippen molar-refractivity contribution in [3.05, 3.63) is 49.0 Å². The van der Waals surface area contributed by atoms with Crippen LogP contribution in [0.2, 0.25) is 0 Å². The number of rotatable bonds is 4. The highest BCUT2D eigenvalue weighted by molar-refractivity contribution is 6.02. The molecule has 0 radical (unpaired) electrons. The second-order valence-electron chi connectivity index (χ2n) is 5.53. The third-order valence-electron chi connectivity index (χ3n) is 4.10. The van der Waals surface area contributed by atoms with Gasteiger partial charge in [-0.25, -0.2) is 15.0 Å². The maximum absolute atomic E-state index is 6.14. The maximum atomic E-state index is 6.14. The molecule has 0 atom stereocenters. The standard InChI is InChI=1S/C19H16N4O3/c1-24-15-6-3-5-11(17(15)25-2)12-9-13(14-7-4-8-26-14)23-19-16(12)18(20)21-10-22-19/h3-10H,1-2H3,(H2,20,21,22,23). The van der Waals surface area contributed by atoms with Gasteiger partial charge in [-0.05, 0) is 24.3 Å². The Bertz CT molecular complexity index is 1080. The van der Waals surface area contributed by atoms with Gasteiger partial charge in [0.2, 0.25) is 0 Å². The van der Waals surface area contributed by atoms with E-state index in [1.807, 2.05) is 30.3 Å². The third-order valence-corrected chi connectivity index (χ3v) is 4.10. The number of furan rings is 1. The number of methoxy groups -OCH3 is 2. The van der Waals surface area contributed by atoms with E-state index in [4.69, 9.17) is 19.6 Å². The van der Waals surface area contributed by atoms with E-state index in [-0.39, 0.29) is 0 Å². The minimum atomic E-state index is 0.341. The number of pyridine rings is 1. The molecular weight excluding hydrogens is 332 g/mol. The van der Waals surface area contributed by atoms with Crippen molar-refractivity contribution in [2.45, 2.75) is 0 Å². The number of nitrogens with two attached hydrogens (primary N) is 1. The van der Waals surface area contributed by atoms with Crippen LogP contribution in [0.25, 0.3) is 33.6 Å². The number of para-hydroxylation sites is 1. The Morgan fingerprint density at radius 1 is 1.00 bits per heavy atom. The Hall–Kier alpha value is -3.61. The number of hydrogen-bond donors (Lipinski definition) is 1. The van der Waals surface area contributed by atoms with E-state index in [1.165, 1.54) is 6.33 Å². The Morgan fingerprint density at radius 3 is 2.62 bits per heavy atom. The summed E-state index contributed by atoms with van der Waals surface area (Å²) in [7, 11) is 3.19. The van der Waals surface area contributed by atoms with Crippen LogP contribution in [0.15, 0.2) is 53.4 Å². The minimum Gasteiger partial charge on any atom is -0.493 e. The summed E-state index contributed by atoms with van der Waals surface area (Å²) in [6.07, 6.45) is 2.99. The predicted octanol–water partition coefficient (Wildman–Crippen LogP) is 3.55. The van der Waals surface area contributed by atoms with E-state index >= 15 is 0 Å². The number of aromatic nitrogens is 3. The van der Waals surface area contributed by atoms with Crippen LogP contribution in [-0.2, 0) is 0 Å². The summed E-state index contributed by atoms with van der Waals surface area (Å²) in [6, 6.07) is 11.2. The average molecular weight is 348 g/mol. The van der Waals surface area contributed by atoms with Crippen molar-refractivity contribution >= 4 is 16.9 Å². The van der Waals surface area contributed by atoms with Crippen molar-refractivity contribution in [3.63, 3.8) is 0 Å². The lowest BCUT2D eigenvalue weighted by Crippen LogP contribution is -2.00. The molecule has 130 valence electrons. The third kappa shape index (κ3) is 2.50. The number of nitrogen functional groups attached to an aromatic ring is 1. The van der Waals surface area contributed by atoms with Gasteiger partial charge in [-0.1, -0.05) is 12.1 Å². The van der Waals surface area contributed by atoms with E-state index in [2.05, 4.69) is 15.0 Å². The molecule has 7 heteroatoms. The highest BCUT2D eigenvalue weighted by Gasteiger charge is 2.19. The smallest absolute Gasteiger partial charge is 0.168 e. The lowest BCUT2D eigenvalue weighted by Gasteiger charge is -2.15. The van der Waals surface area contributed by atoms with Gasteiger partial charge in [0.15, 0.2) is 22.9 Å². The summed E-state index contributed by atoms with van der Waals surface area (Å²) in [5, 5.41) is 0.648. The zero-order valence-electron chi connectivity index (χ0n) is 14.3. The highest BCUT2D eigenvalue weighted by atomic mass is 16.5. The Balaban J connectivity index is 2.09. The number of anilines is 1. The first-order valence-corrected chi connectivity index (χ1v) is 7.89. The Morgan fingerprint density at radius 2 is 1.88 bits per heavy atom. The molecule has 26 heavy (non-hydrogen) atoms. The van der Waals surface area contributed by atoms with E-state index in [1.54, 1.807) is 26.5 Å². The average Bonchev–Trinajstić information content (AvgIpc) is 3.21. The summed E-state index contributed by atoms with van der Waals surface area (Å²) in [4.78, 5) is 13.0. The second kappa shape index (κ2) is 6.36. The van der Waals surface area contributed by atoms with Crippen LogP contribution >= 0.6 is 0 Å². The first-order chi connectivity index (χ1) is 12.7. The van der Waals surface area contributed by atoms with Crippen molar-refractivity contribution in [3.8, 4) is 34.1 Å². The number of nitrogens with zero attached hydrogens (tertiary/aromatic N) is 3. The zero-order chi connectivity index (χ0) is 18.1. The van der Waals surface area contributed by atoms with Crippen LogP contribution < -0.4 is 15.2 Å². The molecule has 4 rings (SSSR count). The quantitative estimate of drug-likeness (QED) is 0.602. The maximum Gasteiger partial charge on any atom is 0.168 e. The molecule has 0 fully saturated rings. The summed E-state index contributed by atoms with van der Waals surface area (Å²) < 4.78 is 16.5. The van der Waals surface area contributed by atoms with Gasteiger partial charge in [-0.15, -0.1) is 0 Å². The van der Waals surface area contributed by atoms with Crippen LogP contribution in [0, 0.1) is 0 Å². The van der Waals surface area contributed by atoms with Gasteiger partial charge >= 0.3 is 0 Å². The molecule has 0 saturated heterocycles. The molecule has 0 aliphatic rings. The van der Waals surface area contributed by atoms with Crippen molar-refractivity contribution in [2.75, 3.05) is 20.0 Å². The normalized spacial score (nSPS) is 10.8. The van der Waals surface area contributed by atoms with Gasteiger partial charge in [-0.3, -0.25) is 0 Å². The number of fused-ring (bicyclic) bond motifs is 1. The first kappa shape index (κ1) is 15.9. The predicted molar refractivity (Wildman–Crippen MR) is 98.0 cm³/mol. The summed E-state index contributed by atoms with van der Waals surface area (Å²) >= 11 is 0. The monoisotopic (exact) mass is 348 g/mol. The molecule has 0 aliphatic heterocycles. The molecule has 1 aromatic carbocycles. The van der Waals surface area contributed by atoms with Crippen molar-refractivity contribution in [1.82, 2.24) is 15.0 Å². The molecule has 0 spiro atoms. The zero-order valence-corrected chi connectivity index (χ0v) is 14.3. The van der Waals surface area contributed by atoms with Gasteiger partial charge in [0.25, 0.3) is 0 Å². The van der Waals surface area contributed by atoms with E-state index in [9.17, 15) is 0 Å². The van der Waals surface area contributed by atoms with E-state index in [0.29, 0.717) is 39.8 Å². The van der Waals surface area contributed by atoms with Gasteiger partial charge in [0.1, 0.15) is 17.8 Å². The fraction of sp³-hybridized carbons (Fsp3) is 0.105. The highest BCUT2D eigenvalue weighted by Crippen LogP contribution is 2.42. The Labute approximate surface area is 149 Å². The lowest BCUT2D eigenvalue weighted by molar-refractivity contribution is 0.356. The molecule has 0 unspecified atom stereocenters. The van der Waals surface area contributed by atoms with Crippen molar-refractivity contribution < 1.29 is 13.9 Å². The van der Waals surface area contributed by atoms with Crippen molar-refractivity contribution in [1.29, 1.82) is 0 Å². The van der Waals surface area contributed by atoms with Crippen LogP contribution in [0.4, 0.5) is 5.82 Å². The van der Waals surface area contributed by atoms with Gasteiger partial charge < -0.3 is 19.6 Å². The SMILES string of the molecule is COc1cccc(-c2cc(-c3ccco3)nc3ncnc(N)c23)c1OC. The van der Waals surface area contributed by atoms with Gasteiger partial charge in [0, 0.05) is 11.1 Å². The summed E-state index contributed by atoms with van der Waals surface area (Å²) in [5.74, 6) is 2.18. The molecule has 4 aromatic rings. The molecule has 0 amide bonds. The number of hydrogen-bond acceptors (Lipinski definition) is 7. The molecule has 2 N–H and O–H groups in total. The number of ether oxygens (including phenoxy) is 2. The number of benzene rings is 1. The van der Waals surface area contributed by atoms with E-state index in [0.717, 1.165) is 11.1 Å². The largest absolute Gasteiger partial charge is 0.493 e. The van der Waals surface area contributed by atoms with E-state index < -0.39 is 0 Å². The van der Waals surface area contributed by atoms with Crippen LogP contribution in [0.1, 0.15) is 0 Å². The summed E-state index contributed by atoms with van der Waals surface area (Å²) in [5.41, 5.74) is 8.84. The summed E-state index contributed by atoms with van der Waals surface area (Å²) in [6.45, 7) is 0. The van der Waals surface area contributed by atoms with Gasteiger partial charge in [0.05, 0.1) is 25.9 Å². The molecule has 3 aromatic heterocycles. The topological polar surface area (TPSA) is 96.3 Å². The molecule has 0 aliphatic carbocycles. The molecule has 3 heterocycles. The minimum absolute atomic E-state index is 0.341. The van der Waals surface area contributed by atoms with Crippen LogP contribution in [0.3, 0.4) is 0 Å². The fourth-order valence-electron chi connectivity index (χ4n) is 2.95. The van der Waals surface area contributed by atoms with Gasteiger partial charge in [-0.2, -0.15) is 0 Å². The fourth-order valence-corrected chi connectivity index (χ4v) is 2.95. The molecule has 0 saturated carbocycles. The molecule has 0 bridgehead atoms. The first-order valence-electron chi connectivity index (χ1n) is 7.89. The lowest BCUT2D eigenvalue weighted by atomic mass is 10.00. The Kier molecular flexibility index (Phi) is 3.89. The van der Waals surface area contributed by atoms with Crippen LogP contribution in [-0.4, -0.2) is 29.2 Å². The molecular formula is C19H16N4O3. The van der Waals surface area contributed by atoms with Crippen LogP contribution in [0.5, 0.6) is 11.5 Å².